The zero-order chi connectivity index (χ0) is 22.8. The van der Waals surface area contributed by atoms with Crippen LogP contribution in [0.25, 0.3) is 11.1 Å². The van der Waals surface area contributed by atoms with Gasteiger partial charge in [0.1, 0.15) is 11.6 Å². The van der Waals surface area contributed by atoms with Gasteiger partial charge < -0.3 is 4.74 Å². The minimum atomic E-state index is -4.63. The number of hydrogen-bond acceptors (Lipinski definition) is 4. The fourth-order valence-corrected chi connectivity index (χ4v) is 2.87. The Morgan fingerprint density at radius 1 is 1.23 bits per heavy atom. The normalized spacial score (nSPS) is 14.7. The Morgan fingerprint density at radius 3 is 2.58 bits per heavy atom. The van der Waals surface area contributed by atoms with Crippen molar-refractivity contribution in [3.05, 3.63) is 65.4 Å². The number of rotatable bonds is 5. The number of fused-ring (bicyclic) bond motifs is 1. The average molecular weight is 433 g/mol. The van der Waals surface area contributed by atoms with E-state index >= 15 is 0 Å². The molecule has 0 saturated carbocycles. The Kier molecular flexibility index (Phi) is 6.24. The maximum atomic E-state index is 14.4. The van der Waals surface area contributed by atoms with Crippen molar-refractivity contribution in [3.63, 3.8) is 0 Å². The van der Waals surface area contributed by atoms with Crippen LogP contribution in [0.15, 0.2) is 58.4 Å². The van der Waals surface area contributed by atoms with E-state index in [1.165, 1.54) is 23.2 Å². The second kappa shape index (κ2) is 8.71. The topological polar surface area (TPSA) is 54.3 Å². The van der Waals surface area contributed by atoms with Gasteiger partial charge in [-0.15, -0.1) is 0 Å². The first-order chi connectivity index (χ1) is 14.6. The first-order valence-corrected chi connectivity index (χ1v) is 9.29. The minimum absolute atomic E-state index is 0.00442. The Balaban J connectivity index is 1.92. The Bertz CT molecular complexity index is 1070. The summed E-state index contributed by atoms with van der Waals surface area (Å²) in [6.07, 6.45) is -2.26. The number of aliphatic imine (C=N–C) groups is 2. The van der Waals surface area contributed by atoms with E-state index in [9.17, 15) is 22.4 Å². The molecule has 1 aliphatic heterocycles. The number of carbonyl (C=O) groups is 1. The van der Waals surface area contributed by atoms with E-state index in [0.29, 0.717) is 17.2 Å². The number of halogens is 4. The predicted molar refractivity (Wildman–Crippen MR) is 109 cm³/mol. The van der Waals surface area contributed by atoms with E-state index in [1.54, 1.807) is 12.3 Å². The number of amides is 1. The van der Waals surface area contributed by atoms with E-state index in [1.807, 2.05) is 13.8 Å². The van der Waals surface area contributed by atoms with Crippen molar-refractivity contribution < 1.29 is 27.1 Å². The summed E-state index contributed by atoms with van der Waals surface area (Å²) in [6, 6.07) is 6.87. The summed E-state index contributed by atoms with van der Waals surface area (Å²) in [6.45, 7) is 7.37. The van der Waals surface area contributed by atoms with Crippen LogP contribution in [-0.2, 0) is 12.7 Å². The minimum Gasteiger partial charge on any atom is -0.410 e. The van der Waals surface area contributed by atoms with Gasteiger partial charge in [0.05, 0.1) is 18.3 Å². The molecule has 0 bridgehead atoms. The van der Waals surface area contributed by atoms with Crippen molar-refractivity contribution in [2.45, 2.75) is 26.6 Å². The molecule has 3 rings (SSSR count). The highest BCUT2D eigenvalue weighted by molar-refractivity contribution is 5.76. The van der Waals surface area contributed by atoms with Crippen LogP contribution in [0, 0.1) is 11.7 Å². The van der Waals surface area contributed by atoms with Gasteiger partial charge in [-0.1, -0.05) is 26.0 Å². The lowest BCUT2D eigenvalue weighted by Gasteiger charge is -2.25. The van der Waals surface area contributed by atoms with Gasteiger partial charge in [-0.3, -0.25) is 4.90 Å². The number of ether oxygens (including phenoxy) is 1. The highest BCUT2D eigenvalue weighted by Gasteiger charge is 2.31. The van der Waals surface area contributed by atoms with Crippen LogP contribution in [0.2, 0.25) is 0 Å². The van der Waals surface area contributed by atoms with Crippen LogP contribution >= 0.6 is 0 Å². The molecular formula is C22H19F4N3O2. The molecule has 162 valence electrons. The molecular weight excluding hydrogens is 414 g/mol. The quantitative estimate of drug-likeness (QED) is 0.426. The molecule has 0 N–H and O–H groups in total. The maximum Gasteiger partial charge on any atom is 0.419 e. The van der Waals surface area contributed by atoms with Crippen LogP contribution < -0.4 is 4.74 Å². The third kappa shape index (κ3) is 5.17. The SMILES string of the molecule is C=N/C(=C/N1Cc2cc(-c3ccc(C(F)(F)F)cc3F)ccc2OC1=O)N=CC(C)C. The second-order valence-electron chi connectivity index (χ2n) is 7.18. The van der Waals surface area contributed by atoms with Gasteiger partial charge in [0.15, 0.2) is 5.82 Å². The highest BCUT2D eigenvalue weighted by Crippen LogP contribution is 2.35. The third-order valence-corrected chi connectivity index (χ3v) is 4.38. The molecule has 0 aliphatic carbocycles. The van der Waals surface area contributed by atoms with Gasteiger partial charge in [0.2, 0.25) is 0 Å². The molecule has 0 spiro atoms. The smallest absolute Gasteiger partial charge is 0.410 e. The average Bonchev–Trinajstić information content (AvgIpc) is 2.70. The summed E-state index contributed by atoms with van der Waals surface area (Å²) in [5.74, 6) is -0.343. The summed E-state index contributed by atoms with van der Waals surface area (Å²) < 4.78 is 58.0. The number of carbonyl (C=O) groups excluding carboxylic acids is 1. The highest BCUT2D eigenvalue weighted by atomic mass is 19.4. The molecule has 0 atom stereocenters. The number of alkyl halides is 3. The lowest BCUT2D eigenvalue weighted by molar-refractivity contribution is -0.137. The lowest BCUT2D eigenvalue weighted by atomic mass is 9.99. The Hall–Kier alpha value is -3.49. The van der Waals surface area contributed by atoms with Crippen molar-refractivity contribution in [2.24, 2.45) is 15.9 Å². The summed E-state index contributed by atoms with van der Waals surface area (Å²) in [5, 5.41) is 0. The molecule has 2 aromatic carbocycles. The molecule has 0 aromatic heterocycles. The maximum absolute atomic E-state index is 14.4. The molecule has 1 heterocycles. The van der Waals surface area contributed by atoms with Gasteiger partial charge in [-0.05, 0) is 42.5 Å². The Labute approximate surface area is 176 Å². The molecule has 9 heteroatoms. The van der Waals surface area contributed by atoms with E-state index in [-0.39, 0.29) is 29.6 Å². The van der Waals surface area contributed by atoms with Gasteiger partial charge in [-0.25, -0.2) is 19.2 Å². The molecule has 31 heavy (non-hydrogen) atoms. The first kappa shape index (κ1) is 22.2. The molecule has 0 fully saturated rings. The number of nitrogens with zero attached hydrogens (tertiary/aromatic N) is 3. The van der Waals surface area contributed by atoms with Crippen LogP contribution in [0.5, 0.6) is 5.75 Å². The van der Waals surface area contributed by atoms with Gasteiger partial charge >= 0.3 is 12.3 Å². The van der Waals surface area contributed by atoms with Crippen LogP contribution in [0.4, 0.5) is 22.4 Å². The monoisotopic (exact) mass is 433 g/mol. The van der Waals surface area contributed by atoms with E-state index in [4.69, 9.17) is 4.74 Å². The third-order valence-electron chi connectivity index (χ3n) is 4.38. The van der Waals surface area contributed by atoms with Crippen molar-refractivity contribution in [3.8, 4) is 16.9 Å². The van der Waals surface area contributed by atoms with E-state index in [2.05, 4.69) is 16.7 Å². The molecule has 0 unspecified atom stereocenters. The predicted octanol–water partition coefficient (Wildman–Crippen LogP) is 6.05. The summed E-state index contributed by atoms with van der Waals surface area (Å²) >= 11 is 0. The van der Waals surface area contributed by atoms with E-state index < -0.39 is 23.7 Å². The zero-order valence-corrected chi connectivity index (χ0v) is 16.8. The number of benzene rings is 2. The zero-order valence-electron chi connectivity index (χ0n) is 16.8. The summed E-state index contributed by atoms with van der Waals surface area (Å²) in [7, 11) is 0. The molecule has 1 amide bonds. The molecule has 2 aromatic rings. The molecule has 1 aliphatic rings. The molecule has 0 radical (unpaired) electrons. The largest absolute Gasteiger partial charge is 0.419 e. The van der Waals surface area contributed by atoms with Crippen molar-refractivity contribution >= 4 is 19.0 Å². The molecule has 5 nitrogen and oxygen atoms in total. The van der Waals surface area contributed by atoms with Gasteiger partial charge in [0.25, 0.3) is 0 Å². The summed E-state index contributed by atoms with van der Waals surface area (Å²) in [4.78, 5) is 21.4. The molecule has 0 saturated heterocycles. The fourth-order valence-electron chi connectivity index (χ4n) is 2.87. The first-order valence-electron chi connectivity index (χ1n) is 9.29. The van der Waals surface area contributed by atoms with Crippen molar-refractivity contribution in [2.75, 3.05) is 0 Å². The van der Waals surface area contributed by atoms with E-state index in [0.717, 1.165) is 12.1 Å². The van der Waals surface area contributed by atoms with Gasteiger partial charge in [-0.2, -0.15) is 13.2 Å². The van der Waals surface area contributed by atoms with Crippen molar-refractivity contribution in [1.29, 1.82) is 0 Å². The fraction of sp³-hybridized carbons (Fsp3) is 0.227. The second-order valence-corrected chi connectivity index (χ2v) is 7.18. The summed E-state index contributed by atoms with van der Waals surface area (Å²) in [5.41, 5.74) is -0.163. The lowest BCUT2D eigenvalue weighted by Crippen LogP contribution is -2.33. The standard InChI is InChI=1S/C22H19F4N3O2/c1-13(2)10-28-20(27-3)12-29-11-15-8-14(4-7-19(15)31-21(29)30)17-6-5-16(9-18(17)23)22(24,25)26/h4-10,12-13H,3,11H2,1-2H3/b20-12-,28-10?. The Morgan fingerprint density at radius 2 is 1.97 bits per heavy atom. The van der Waals surface area contributed by atoms with Crippen LogP contribution in [0.1, 0.15) is 25.0 Å². The van der Waals surface area contributed by atoms with Gasteiger partial charge in [0, 0.05) is 17.3 Å². The number of hydrogen-bond donors (Lipinski definition) is 0. The van der Waals surface area contributed by atoms with Crippen molar-refractivity contribution in [1.82, 2.24) is 4.90 Å². The van der Waals surface area contributed by atoms with Crippen LogP contribution in [-0.4, -0.2) is 23.9 Å². The van der Waals surface area contributed by atoms with Crippen LogP contribution in [0.3, 0.4) is 0 Å².